The van der Waals surface area contributed by atoms with Crippen molar-refractivity contribution in [2.24, 2.45) is 29.4 Å². The summed E-state index contributed by atoms with van der Waals surface area (Å²) in [4.78, 5) is 12.7. The van der Waals surface area contributed by atoms with E-state index in [9.17, 15) is 4.79 Å². The third-order valence-corrected chi connectivity index (χ3v) is 5.38. The summed E-state index contributed by atoms with van der Waals surface area (Å²) >= 11 is 0. The highest BCUT2D eigenvalue weighted by atomic mass is 16.1. The highest BCUT2D eigenvalue weighted by Crippen LogP contribution is 2.38. The van der Waals surface area contributed by atoms with Crippen molar-refractivity contribution in [1.29, 1.82) is 0 Å². The van der Waals surface area contributed by atoms with E-state index in [-0.39, 0.29) is 0 Å². The van der Waals surface area contributed by atoms with Crippen molar-refractivity contribution in [3.8, 4) is 0 Å². The highest BCUT2D eigenvalue weighted by Gasteiger charge is 2.35. The van der Waals surface area contributed by atoms with E-state index < -0.39 is 0 Å². The van der Waals surface area contributed by atoms with Crippen LogP contribution in [0.4, 0.5) is 0 Å². The topological polar surface area (TPSA) is 43.1 Å². The van der Waals surface area contributed by atoms with Crippen LogP contribution in [0.5, 0.6) is 0 Å². The molecule has 0 radical (unpaired) electrons. The van der Waals surface area contributed by atoms with Crippen LogP contribution < -0.4 is 5.73 Å². The summed E-state index contributed by atoms with van der Waals surface area (Å²) in [6.45, 7) is 3.06. The summed E-state index contributed by atoms with van der Waals surface area (Å²) in [5, 5.41) is 0. The van der Waals surface area contributed by atoms with E-state index in [0.717, 1.165) is 25.8 Å². The molecule has 0 amide bonds. The number of hydrogen-bond acceptors (Lipinski definition) is 2. The molecule has 2 rings (SSSR count). The Bertz CT molecular complexity index is 268. The van der Waals surface area contributed by atoms with Gasteiger partial charge in [0.05, 0.1) is 0 Å². The van der Waals surface area contributed by atoms with Crippen LogP contribution in [0.3, 0.4) is 0 Å². The Morgan fingerprint density at radius 2 is 1.72 bits per heavy atom. The van der Waals surface area contributed by atoms with Gasteiger partial charge in [0.15, 0.2) is 0 Å². The van der Waals surface area contributed by atoms with Crippen molar-refractivity contribution >= 4 is 5.78 Å². The van der Waals surface area contributed by atoms with Crippen molar-refractivity contribution in [3.05, 3.63) is 0 Å². The number of ketones is 1. The second kappa shape index (κ2) is 6.70. The fraction of sp³-hybridized carbons (Fsp3) is 0.938. The molecule has 104 valence electrons. The Morgan fingerprint density at radius 1 is 1.06 bits per heavy atom. The molecule has 0 spiro atoms. The van der Waals surface area contributed by atoms with Crippen LogP contribution in [0, 0.1) is 23.7 Å². The van der Waals surface area contributed by atoms with Crippen LogP contribution >= 0.6 is 0 Å². The molecule has 2 aliphatic carbocycles. The van der Waals surface area contributed by atoms with E-state index in [1.165, 1.54) is 38.5 Å². The zero-order chi connectivity index (χ0) is 13.0. The summed E-state index contributed by atoms with van der Waals surface area (Å²) in [6.07, 6.45) is 10.8. The van der Waals surface area contributed by atoms with Gasteiger partial charge >= 0.3 is 0 Å². The molecular weight excluding hydrogens is 222 g/mol. The summed E-state index contributed by atoms with van der Waals surface area (Å²) < 4.78 is 0. The average Bonchev–Trinajstić information content (AvgIpc) is 2.46. The minimum atomic E-state index is 0.366. The summed E-state index contributed by atoms with van der Waals surface area (Å²) in [5.41, 5.74) is 5.73. The quantitative estimate of drug-likeness (QED) is 0.830. The van der Waals surface area contributed by atoms with E-state index in [4.69, 9.17) is 5.73 Å². The van der Waals surface area contributed by atoms with Crippen LogP contribution in [-0.4, -0.2) is 12.3 Å². The van der Waals surface area contributed by atoms with Crippen LogP contribution in [0.25, 0.3) is 0 Å². The molecular formula is C16H29NO. The first-order chi connectivity index (χ1) is 8.76. The Balaban J connectivity index is 1.90. The van der Waals surface area contributed by atoms with Gasteiger partial charge in [0.1, 0.15) is 5.78 Å². The first kappa shape index (κ1) is 14.0. The Morgan fingerprint density at radius 3 is 2.33 bits per heavy atom. The van der Waals surface area contributed by atoms with Gasteiger partial charge < -0.3 is 5.73 Å². The molecule has 18 heavy (non-hydrogen) atoms. The van der Waals surface area contributed by atoms with E-state index in [1.807, 2.05) is 0 Å². The molecule has 0 aromatic rings. The predicted molar refractivity (Wildman–Crippen MR) is 75.2 cm³/mol. The molecule has 2 heteroatoms. The molecule has 2 atom stereocenters. The van der Waals surface area contributed by atoms with Crippen LogP contribution in [-0.2, 0) is 4.79 Å². The van der Waals surface area contributed by atoms with Crippen molar-refractivity contribution in [2.75, 3.05) is 6.54 Å². The molecule has 2 N–H and O–H groups in total. The second-order valence-corrected chi connectivity index (χ2v) is 6.41. The van der Waals surface area contributed by atoms with Crippen LogP contribution in [0.2, 0.25) is 0 Å². The minimum absolute atomic E-state index is 0.366. The maximum Gasteiger partial charge on any atom is 0.139 e. The van der Waals surface area contributed by atoms with E-state index >= 15 is 0 Å². The molecule has 0 aromatic heterocycles. The smallest absolute Gasteiger partial charge is 0.139 e. The molecule has 2 fully saturated rings. The van der Waals surface area contributed by atoms with Crippen molar-refractivity contribution in [1.82, 2.24) is 0 Å². The molecule has 2 nitrogen and oxygen atoms in total. The van der Waals surface area contributed by atoms with Crippen molar-refractivity contribution in [2.45, 2.75) is 64.7 Å². The summed E-state index contributed by atoms with van der Waals surface area (Å²) in [6, 6.07) is 0. The lowest BCUT2D eigenvalue weighted by atomic mass is 9.69. The Kier molecular flexibility index (Phi) is 5.23. The third-order valence-electron chi connectivity index (χ3n) is 5.38. The zero-order valence-electron chi connectivity index (χ0n) is 11.9. The monoisotopic (exact) mass is 251 g/mol. The fourth-order valence-electron chi connectivity index (χ4n) is 4.06. The third kappa shape index (κ3) is 3.14. The van der Waals surface area contributed by atoms with Gasteiger partial charge in [0.2, 0.25) is 0 Å². The second-order valence-electron chi connectivity index (χ2n) is 6.41. The zero-order valence-corrected chi connectivity index (χ0v) is 11.9. The lowest BCUT2D eigenvalue weighted by Crippen LogP contribution is -2.34. The lowest BCUT2D eigenvalue weighted by Gasteiger charge is -2.34. The van der Waals surface area contributed by atoms with Gasteiger partial charge in [-0.15, -0.1) is 0 Å². The Labute approximate surface area is 112 Å². The number of Topliss-reactive ketones (excluding diaryl/α,β-unsaturated/α-hetero) is 1. The van der Waals surface area contributed by atoms with Gasteiger partial charge in [-0.25, -0.2) is 0 Å². The molecule has 2 saturated carbocycles. The number of hydrogen-bond donors (Lipinski definition) is 1. The van der Waals surface area contributed by atoms with Crippen molar-refractivity contribution < 1.29 is 4.79 Å². The number of carbonyl (C=O) groups is 1. The number of nitrogens with two attached hydrogens (primary N) is 1. The Hall–Kier alpha value is -0.370. The summed E-state index contributed by atoms with van der Waals surface area (Å²) in [7, 11) is 0. The van der Waals surface area contributed by atoms with E-state index in [0.29, 0.717) is 29.5 Å². The maximum atomic E-state index is 12.7. The van der Waals surface area contributed by atoms with Gasteiger partial charge in [-0.1, -0.05) is 26.2 Å². The molecule has 0 aromatic carbocycles. The van der Waals surface area contributed by atoms with Gasteiger partial charge in [0, 0.05) is 11.8 Å². The molecule has 0 aliphatic heterocycles. The van der Waals surface area contributed by atoms with E-state index in [2.05, 4.69) is 6.92 Å². The standard InChI is InChI=1S/C16H29NO/c1-2-13-5-3-4-6-15(13)16(18)14-9-7-12(11-17)8-10-14/h12-15H,2-11,17H2,1H3. The molecule has 0 bridgehead atoms. The first-order valence-electron chi connectivity index (χ1n) is 8.00. The van der Waals surface area contributed by atoms with Crippen molar-refractivity contribution in [3.63, 3.8) is 0 Å². The van der Waals surface area contributed by atoms with Gasteiger partial charge in [-0.05, 0) is 56.9 Å². The van der Waals surface area contributed by atoms with Crippen LogP contribution in [0.15, 0.2) is 0 Å². The molecule has 2 aliphatic rings. The number of carbonyl (C=O) groups excluding carboxylic acids is 1. The minimum Gasteiger partial charge on any atom is -0.330 e. The molecule has 0 saturated heterocycles. The largest absolute Gasteiger partial charge is 0.330 e. The van der Waals surface area contributed by atoms with Gasteiger partial charge in [0.25, 0.3) is 0 Å². The number of rotatable bonds is 4. The van der Waals surface area contributed by atoms with Gasteiger partial charge in [-0.2, -0.15) is 0 Å². The molecule has 2 unspecified atom stereocenters. The molecule has 0 heterocycles. The maximum absolute atomic E-state index is 12.7. The fourth-order valence-corrected chi connectivity index (χ4v) is 4.06. The predicted octanol–water partition coefficient (Wildman–Crippen LogP) is 3.54. The van der Waals surface area contributed by atoms with Crippen LogP contribution in [0.1, 0.15) is 64.7 Å². The van der Waals surface area contributed by atoms with Gasteiger partial charge in [-0.3, -0.25) is 4.79 Å². The highest BCUT2D eigenvalue weighted by molar-refractivity contribution is 5.83. The normalized spacial score (nSPS) is 37.4. The lowest BCUT2D eigenvalue weighted by molar-refractivity contribution is -0.131. The van der Waals surface area contributed by atoms with E-state index in [1.54, 1.807) is 0 Å². The average molecular weight is 251 g/mol. The first-order valence-corrected chi connectivity index (χ1v) is 8.00. The summed E-state index contributed by atoms with van der Waals surface area (Å²) in [5.74, 6) is 2.73. The SMILES string of the molecule is CCC1CCCCC1C(=O)C1CCC(CN)CC1.